The van der Waals surface area contributed by atoms with E-state index in [1.165, 1.54) is 6.42 Å². The van der Waals surface area contributed by atoms with E-state index in [0.717, 1.165) is 11.1 Å². The molecule has 1 saturated heterocycles. The summed E-state index contributed by atoms with van der Waals surface area (Å²) in [4.78, 5) is 0. The minimum Gasteiger partial charge on any atom is -0.0652 e. The van der Waals surface area contributed by atoms with Gasteiger partial charge in [-0.15, -0.1) is 0 Å². The molecule has 1 aliphatic heterocycles. The monoisotopic (exact) mass is 156 g/mol. The first-order valence-electron chi connectivity index (χ1n) is 4.59. The van der Waals surface area contributed by atoms with Crippen LogP contribution in [0.2, 0.25) is 23.2 Å². The summed E-state index contributed by atoms with van der Waals surface area (Å²) in [6.45, 7) is 9.74. The predicted molar refractivity (Wildman–Crippen MR) is 50.2 cm³/mol. The van der Waals surface area contributed by atoms with Crippen molar-refractivity contribution in [3.8, 4) is 0 Å². The van der Waals surface area contributed by atoms with Gasteiger partial charge in [0.1, 0.15) is 0 Å². The molecule has 60 valence electrons. The molecule has 0 saturated carbocycles. The van der Waals surface area contributed by atoms with Crippen LogP contribution in [0.4, 0.5) is 0 Å². The first kappa shape index (κ1) is 8.31. The topological polar surface area (TPSA) is 0 Å². The van der Waals surface area contributed by atoms with Gasteiger partial charge in [-0.25, -0.2) is 0 Å². The van der Waals surface area contributed by atoms with Crippen molar-refractivity contribution in [3.63, 3.8) is 0 Å². The second-order valence-electron chi connectivity index (χ2n) is 4.40. The second kappa shape index (κ2) is 2.69. The summed E-state index contributed by atoms with van der Waals surface area (Å²) in [7, 11) is -0.698. The Bertz CT molecular complexity index is 102. The number of hydrogen-bond acceptors (Lipinski definition) is 0. The molecule has 1 heteroatoms. The largest absolute Gasteiger partial charge is 0.0652 e. The zero-order chi connectivity index (χ0) is 7.78. The lowest BCUT2D eigenvalue weighted by Gasteiger charge is -2.47. The Hall–Kier alpha value is 0.217. The SMILES string of the molecule is CC(C)[Si]1(C(C)C)CCC1. The molecule has 0 spiro atoms. The lowest BCUT2D eigenvalue weighted by atomic mass is 10.5. The van der Waals surface area contributed by atoms with Crippen molar-refractivity contribution < 1.29 is 0 Å². The van der Waals surface area contributed by atoms with Gasteiger partial charge in [-0.1, -0.05) is 57.3 Å². The molecule has 0 aromatic rings. The van der Waals surface area contributed by atoms with Gasteiger partial charge < -0.3 is 0 Å². The summed E-state index contributed by atoms with van der Waals surface area (Å²) in [6, 6.07) is 3.23. The normalized spacial score (nSPS) is 23.4. The van der Waals surface area contributed by atoms with Crippen LogP contribution >= 0.6 is 0 Å². The van der Waals surface area contributed by atoms with E-state index >= 15 is 0 Å². The van der Waals surface area contributed by atoms with Crippen LogP contribution in [-0.2, 0) is 0 Å². The van der Waals surface area contributed by atoms with Gasteiger partial charge in [0.15, 0.2) is 0 Å². The van der Waals surface area contributed by atoms with Crippen LogP contribution < -0.4 is 0 Å². The van der Waals surface area contributed by atoms with Crippen LogP contribution in [0.15, 0.2) is 0 Å². The van der Waals surface area contributed by atoms with E-state index in [0.29, 0.717) is 0 Å². The van der Waals surface area contributed by atoms with Gasteiger partial charge in [-0.05, 0) is 0 Å². The molecule has 0 bridgehead atoms. The summed E-state index contributed by atoms with van der Waals surface area (Å²) in [5.74, 6) is 0. The lowest BCUT2D eigenvalue weighted by molar-refractivity contribution is 0.753. The summed E-state index contributed by atoms with van der Waals surface area (Å²) < 4.78 is 0. The average molecular weight is 156 g/mol. The fraction of sp³-hybridized carbons (Fsp3) is 1.00. The Morgan fingerprint density at radius 3 is 1.30 bits per heavy atom. The van der Waals surface area contributed by atoms with Crippen molar-refractivity contribution in [1.29, 1.82) is 0 Å². The zero-order valence-corrected chi connectivity index (χ0v) is 8.78. The molecule has 0 N–H and O–H groups in total. The Labute approximate surface area is 66.0 Å². The van der Waals surface area contributed by atoms with Crippen LogP contribution in [0.5, 0.6) is 0 Å². The van der Waals surface area contributed by atoms with Crippen molar-refractivity contribution in [3.05, 3.63) is 0 Å². The van der Waals surface area contributed by atoms with Gasteiger partial charge in [-0.3, -0.25) is 0 Å². The van der Waals surface area contributed by atoms with Crippen molar-refractivity contribution >= 4 is 8.07 Å². The Morgan fingerprint density at radius 2 is 1.30 bits per heavy atom. The van der Waals surface area contributed by atoms with Gasteiger partial charge in [0.05, 0.1) is 8.07 Å². The van der Waals surface area contributed by atoms with E-state index in [-0.39, 0.29) is 0 Å². The van der Waals surface area contributed by atoms with E-state index < -0.39 is 8.07 Å². The summed E-state index contributed by atoms with van der Waals surface area (Å²) in [6.07, 6.45) is 1.53. The lowest BCUT2D eigenvalue weighted by Crippen LogP contribution is -2.47. The molecular formula is C9H20Si. The smallest absolute Gasteiger partial charge is 0.0586 e. The van der Waals surface area contributed by atoms with Crippen LogP contribution in [0.25, 0.3) is 0 Å². The third kappa shape index (κ3) is 1.05. The molecule has 0 nitrogen and oxygen atoms in total. The molecule has 1 aliphatic rings. The minimum atomic E-state index is -0.698. The molecule has 0 amide bonds. The van der Waals surface area contributed by atoms with Crippen molar-refractivity contribution in [2.45, 2.75) is 57.3 Å². The highest BCUT2D eigenvalue weighted by Gasteiger charge is 2.44. The minimum absolute atomic E-state index is 0.698. The highest BCUT2D eigenvalue weighted by Crippen LogP contribution is 2.48. The maximum atomic E-state index is 2.44. The van der Waals surface area contributed by atoms with E-state index in [1.54, 1.807) is 12.1 Å². The first-order chi connectivity index (χ1) is 4.59. The quantitative estimate of drug-likeness (QED) is 0.535. The maximum Gasteiger partial charge on any atom is 0.0586 e. The van der Waals surface area contributed by atoms with Gasteiger partial charge in [-0.2, -0.15) is 0 Å². The van der Waals surface area contributed by atoms with Gasteiger partial charge >= 0.3 is 0 Å². The number of rotatable bonds is 2. The predicted octanol–water partition coefficient (Wildman–Crippen LogP) is 3.66. The maximum absolute atomic E-state index is 2.44. The highest BCUT2D eigenvalue weighted by molar-refractivity contribution is 6.84. The Kier molecular flexibility index (Phi) is 2.23. The second-order valence-corrected chi connectivity index (χ2v) is 10.2. The molecular weight excluding hydrogens is 136 g/mol. The molecule has 0 atom stereocenters. The van der Waals surface area contributed by atoms with E-state index in [9.17, 15) is 0 Å². The van der Waals surface area contributed by atoms with Crippen LogP contribution in [0.3, 0.4) is 0 Å². The first-order valence-corrected chi connectivity index (χ1v) is 7.16. The van der Waals surface area contributed by atoms with Crippen molar-refractivity contribution in [1.82, 2.24) is 0 Å². The highest BCUT2D eigenvalue weighted by atomic mass is 28.3. The van der Waals surface area contributed by atoms with Crippen LogP contribution in [0.1, 0.15) is 34.1 Å². The van der Waals surface area contributed by atoms with E-state index in [1.807, 2.05) is 0 Å². The average Bonchev–Trinajstić information content (AvgIpc) is 1.57. The van der Waals surface area contributed by atoms with Gasteiger partial charge in [0.2, 0.25) is 0 Å². The standard InChI is InChI=1S/C9H20Si/c1-8(2)10(9(3)4)6-5-7-10/h8-9H,5-7H2,1-4H3. The molecule has 1 rings (SSSR count). The van der Waals surface area contributed by atoms with Gasteiger partial charge in [0, 0.05) is 0 Å². The third-order valence-electron chi connectivity index (χ3n) is 3.58. The summed E-state index contributed by atoms with van der Waals surface area (Å²) >= 11 is 0. The third-order valence-corrected chi connectivity index (χ3v) is 10.8. The molecule has 1 fully saturated rings. The van der Waals surface area contributed by atoms with Crippen LogP contribution in [-0.4, -0.2) is 8.07 Å². The zero-order valence-electron chi connectivity index (χ0n) is 7.78. The molecule has 0 aromatic carbocycles. The fourth-order valence-corrected chi connectivity index (χ4v) is 7.22. The van der Waals surface area contributed by atoms with Gasteiger partial charge in [0.25, 0.3) is 0 Å². The summed E-state index contributed by atoms with van der Waals surface area (Å²) in [5.41, 5.74) is 2.06. The molecule has 10 heavy (non-hydrogen) atoms. The fourth-order valence-electron chi connectivity index (χ4n) is 2.41. The Morgan fingerprint density at radius 1 is 0.900 bits per heavy atom. The van der Waals surface area contributed by atoms with Crippen molar-refractivity contribution in [2.24, 2.45) is 0 Å². The molecule has 0 aliphatic carbocycles. The van der Waals surface area contributed by atoms with Crippen LogP contribution in [0, 0.1) is 0 Å². The van der Waals surface area contributed by atoms with E-state index in [2.05, 4.69) is 27.7 Å². The number of hydrogen-bond donors (Lipinski definition) is 0. The molecule has 0 aromatic heterocycles. The summed E-state index contributed by atoms with van der Waals surface area (Å²) in [5, 5.41) is 0. The molecule has 1 heterocycles. The van der Waals surface area contributed by atoms with E-state index in [4.69, 9.17) is 0 Å². The van der Waals surface area contributed by atoms with Crippen molar-refractivity contribution in [2.75, 3.05) is 0 Å². The molecule has 0 unspecified atom stereocenters. The Balaban J connectivity index is 2.59. The molecule has 0 radical (unpaired) electrons.